The highest BCUT2D eigenvalue weighted by Crippen LogP contribution is 2.57. The second-order valence-corrected chi connectivity index (χ2v) is 10.2. The highest BCUT2D eigenvalue weighted by Gasteiger charge is 2.49. The maximum absolute atomic E-state index is 15.0. The third-order valence-corrected chi connectivity index (χ3v) is 8.97. The Morgan fingerprint density at radius 1 is 0.625 bits per heavy atom. The van der Waals surface area contributed by atoms with Gasteiger partial charge in [0.1, 0.15) is 35.0 Å². The molecule has 2 heteroatoms. The lowest BCUT2D eigenvalue weighted by molar-refractivity contribution is 0.251. The third kappa shape index (κ3) is 3.42. The van der Waals surface area contributed by atoms with E-state index in [2.05, 4.69) is 72.8 Å². The normalized spacial score (nSPS) is 12.1. The molecular formula is C22H23FP+. The molecule has 0 aromatic heterocycles. The Balaban J connectivity index is 2.33. The number of halogens is 1. The van der Waals surface area contributed by atoms with Crippen LogP contribution in [0.2, 0.25) is 0 Å². The van der Waals surface area contributed by atoms with E-state index in [-0.39, 0.29) is 0 Å². The highest BCUT2D eigenvalue weighted by atomic mass is 31.2. The fourth-order valence-electron chi connectivity index (χ4n) is 3.33. The lowest BCUT2D eigenvalue weighted by Gasteiger charge is -2.31. The maximum Gasteiger partial charge on any atom is 0.139 e. The Morgan fingerprint density at radius 2 is 0.917 bits per heavy atom. The van der Waals surface area contributed by atoms with Crippen molar-refractivity contribution >= 4 is 23.2 Å². The molecule has 0 saturated heterocycles. The summed E-state index contributed by atoms with van der Waals surface area (Å²) in [6.07, 6.45) is 0.498. The van der Waals surface area contributed by atoms with Crippen molar-refractivity contribution < 1.29 is 4.39 Å². The summed E-state index contributed by atoms with van der Waals surface area (Å²) >= 11 is 0. The van der Waals surface area contributed by atoms with Crippen LogP contribution in [0.1, 0.15) is 13.8 Å². The van der Waals surface area contributed by atoms with Crippen molar-refractivity contribution in [3.8, 4) is 0 Å². The molecular weight excluding hydrogens is 314 g/mol. The molecule has 122 valence electrons. The lowest BCUT2D eigenvalue weighted by Crippen LogP contribution is -2.38. The smallest absolute Gasteiger partial charge is 0.139 e. The molecule has 0 aliphatic heterocycles. The predicted molar refractivity (Wildman–Crippen MR) is 105 cm³/mol. The number of hydrogen-bond acceptors (Lipinski definition) is 0. The molecule has 0 unspecified atom stereocenters. The fraction of sp³-hybridized carbons (Fsp3) is 0.182. The van der Waals surface area contributed by atoms with Gasteiger partial charge in [-0.15, -0.1) is 0 Å². The standard InChI is InChI=1S/C22H23FP/c1-22(2,23)18-24(19-12-6-3-7-13-19,20-14-8-4-9-15-20)21-16-10-5-11-17-21/h3-17H,18H2,1-2H3/q+1. The third-order valence-electron chi connectivity index (χ3n) is 4.20. The van der Waals surface area contributed by atoms with Crippen LogP contribution in [-0.2, 0) is 0 Å². The van der Waals surface area contributed by atoms with Crippen molar-refractivity contribution in [2.24, 2.45) is 0 Å². The van der Waals surface area contributed by atoms with E-state index < -0.39 is 12.9 Å². The van der Waals surface area contributed by atoms with E-state index in [9.17, 15) is 4.39 Å². The van der Waals surface area contributed by atoms with Crippen LogP contribution >= 0.6 is 7.26 Å². The first kappa shape index (κ1) is 16.9. The van der Waals surface area contributed by atoms with Crippen molar-refractivity contribution in [1.82, 2.24) is 0 Å². The quantitative estimate of drug-likeness (QED) is 0.591. The molecule has 0 atom stereocenters. The van der Waals surface area contributed by atoms with Gasteiger partial charge >= 0.3 is 0 Å². The first-order valence-electron chi connectivity index (χ1n) is 8.26. The number of benzene rings is 3. The van der Waals surface area contributed by atoms with Gasteiger partial charge in [0.25, 0.3) is 0 Å². The van der Waals surface area contributed by atoms with Crippen LogP contribution < -0.4 is 15.9 Å². The van der Waals surface area contributed by atoms with E-state index in [1.807, 2.05) is 18.2 Å². The number of rotatable bonds is 5. The van der Waals surface area contributed by atoms with Crippen molar-refractivity contribution in [3.63, 3.8) is 0 Å². The molecule has 0 N–H and O–H groups in total. The summed E-state index contributed by atoms with van der Waals surface area (Å²) in [5.41, 5.74) is -1.25. The lowest BCUT2D eigenvalue weighted by atomic mass is 10.2. The van der Waals surface area contributed by atoms with Crippen LogP contribution in [0.15, 0.2) is 91.0 Å². The topological polar surface area (TPSA) is 0 Å². The zero-order valence-corrected chi connectivity index (χ0v) is 15.1. The summed E-state index contributed by atoms with van der Waals surface area (Å²) < 4.78 is 15.0. The van der Waals surface area contributed by atoms with E-state index in [0.29, 0.717) is 6.16 Å². The van der Waals surface area contributed by atoms with E-state index >= 15 is 0 Å². The van der Waals surface area contributed by atoms with Gasteiger partial charge in [0.2, 0.25) is 0 Å². The molecule has 24 heavy (non-hydrogen) atoms. The van der Waals surface area contributed by atoms with Gasteiger partial charge in [-0.3, -0.25) is 0 Å². The molecule has 0 amide bonds. The molecule has 0 radical (unpaired) electrons. The zero-order valence-electron chi connectivity index (χ0n) is 14.2. The molecule has 0 aliphatic rings. The molecule has 3 aromatic rings. The van der Waals surface area contributed by atoms with Gasteiger partial charge in [0.05, 0.1) is 0 Å². The molecule has 0 spiro atoms. The molecule has 3 rings (SSSR count). The van der Waals surface area contributed by atoms with Crippen LogP contribution in [0, 0.1) is 0 Å². The van der Waals surface area contributed by atoms with E-state index in [4.69, 9.17) is 0 Å². The SMILES string of the molecule is CC(C)(F)C[P+](c1ccccc1)(c1ccccc1)c1ccccc1. The maximum atomic E-state index is 15.0. The fourth-order valence-corrected chi connectivity index (χ4v) is 7.95. The molecule has 0 heterocycles. The second-order valence-electron chi connectivity index (χ2n) is 6.69. The summed E-state index contributed by atoms with van der Waals surface area (Å²) in [5, 5.41) is 3.69. The van der Waals surface area contributed by atoms with E-state index in [1.54, 1.807) is 13.8 Å². The predicted octanol–water partition coefficient (Wildman–Crippen LogP) is 4.73. The minimum absolute atomic E-state index is 0.498. The molecule has 3 aromatic carbocycles. The summed E-state index contributed by atoms with van der Waals surface area (Å²) in [7, 11) is -2.05. The van der Waals surface area contributed by atoms with Gasteiger partial charge in [-0.2, -0.15) is 0 Å². The van der Waals surface area contributed by atoms with E-state index in [1.165, 1.54) is 15.9 Å². The average molecular weight is 337 g/mol. The Morgan fingerprint density at radius 3 is 1.17 bits per heavy atom. The Labute approximate surface area is 144 Å². The second kappa shape index (κ2) is 6.87. The highest BCUT2D eigenvalue weighted by molar-refractivity contribution is 7.95. The first-order chi connectivity index (χ1) is 11.5. The van der Waals surface area contributed by atoms with Crippen LogP contribution in [0.5, 0.6) is 0 Å². The number of alkyl halides is 1. The van der Waals surface area contributed by atoms with E-state index in [0.717, 1.165) is 0 Å². The largest absolute Gasteiger partial charge is 0.240 e. The molecule has 0 fully saturated rings. The minimum Gasteiger partial charge on any atom is -0.240 e. The Bertz CT molecular complexity index is 665. The molecule has 0 saturated carbocycles. The minimum atomic E-state index is -2.05. The van der Waals surface area contributed by atoms with Crippen molar-refractivity contribution in [3.05, 3.63) is 91.0 Å². The van der Waals surface area contributed by atoms with Gasteiger partial charge < -0.3 is 0 Å². The van der Waals surface area contributed by atoms with Crippen LogP contribution in [0.4, 0.5) is 4.39 Å². The van der Waals surface area contributed by atoms with Crippen LogP contribution in [0.25, 0.3) is 0 Å². The van der Waals surface area contributed by atoms with Crippen molar-refractivity contribution in [1.29, 1.82) is 0 Å². The monoisotopic (exact) mass is 337 g/mol. The molecule has 0 aliphatic carbocycles. The Kier molecular flexibility index (Phi) is 4.83. The number of hydrogen-bond donors (Lipinski definition) is 0. The van der Waals surface area contributed by atoms with Crippen LogP contribution in [0.3, 0.4) is 0 Å². The van der Waals surface area contributed by atoms with Crippen molar-refractivity contribution in [2.45, 2.75) is 19.5 Å². The van der Waals surface area contributed by atoms with Gasteiger partial charge in [-0.25, -0.2) is 4.39 Å². The van der Waals surface area contributed by atoms with Crippen molar-refractivity contribution in [2.75, 3.05) is 6.16 Å². The van der Waals surface area contributed by atoms with Crippen LogP contribution in [-0.4, -0.2) is 11.8 Å². The summed E-state index contributed by atoms with van der Waals surface area (Å²) in [6.45, 7) is 3.38. The summed E-state index contributed by atoms with van der Waals surface area (Å²) in [6, 6.07) is 31.3. The Hall–Kier alpha value is -1.98. The molecule has 0 bridgehead atoms. The average Bonchev–Trinajstić information content (AvgIpc) is 2.61. The van der Waals surface area contributed by atoms with Gasteiger partial charge in [-0.1, -0.05) is 54.6 Å². The van der Waals surface area contributed by atoms with Gasteiger partial charge in [0, 0.05) is 0 Å². The summed E-state index contributed by atoms with van der Waals surface area (Å²) in [4.78, 5) is 0. The van der Waals surface area contributed by atoms with Gasteiger partial charge in [0.15, 0.2) is 0 Å². The zero-order chi connectivity index (χ0) is 17.0. The first-order valence-corrected chi connectivity index (χ1v) is 10.2. The summed E-state index contributed by atoms with van der Waals surface area (Å²) in [5.74, 6) is 0. The van der Waals surface area contributed by atoms with Gasteiger partial charge in [-0.05, 0) is 50.2 Å². The molecule has 0 nitrogen and oxygen atoms in total.